The van der Waals surface area contributed by atoms with Gasteiger partial charge in [-0.1, -0.05) is 11.8 Å². The number of benzene rings is 1. The Morgan fingerprint density at radius 3 is 2.74 bits per heavy atom. The summed E-state index contributed by atoms with van der Waals surface area (Å²) in [6.45, 7) is 0.657. The molecule has 146 valence electrons. The number of amides is 3. The normalized spacial score (nSPS) is 10.3. The van der Waals surface area contributed by atoms with Crippen molar-refractivity contribution in [3.8, 4) is 17.2 Å². The number of nitrogens with one attached hydrogen (secondary N) is 2. The van der Waals surface area contributed by atoms with E-state index >= 15 is 0 Å². The Balaban J connectivity index is 2.01. The molecule has 12 heteroatoms. The van der Waals surface area contributed by atoms with Gasteiger partial charge >= 0.3 is 6.03 Å². The van der Waals surface area contributed by atoms with Crippen molar-refractivity contribution < 1.29 is 23.8 Å². The van der Waals surface area contributed by atoms with Gasteiger partial charge in [-0.15, -0.1) is 5.10 Å². The second-order valence-corrected chi connectivity index (χ2v) is 5.94. The van der Waals surface area contributed by atoms with E-state index in [4.69, 9.17) is 14.2 Å². The first-order chi connectivity index (χ1) is 13.1. The molecule has 1 aromatic heterocycles. The molecule has 1 heterocycles. The molecule has 0 atom stereocenters. The Labute approximate surface area is 159 Å². The number of carbonyl (C=O) groups excluding carboxylic acids is 2. The molecule has 0 unspecified atom stereocenters. The van der Waals surface area contributed by atoms with Crippen molar-refractivity contribution in [1.82, 2.24) is 30.8 Å². The maximum Gasteiger partial charge on any atom is 0.321 e. The molecule has 0 aliphatic heterocycles. The Hall–Kier alpha value is -2.86. The summed E-state index contributed by atoms with van der Waals surface area (Å²) in [4.78, 5) is 23.5. The van der Waals surface area contributed by atoms with Crippen LogP contribution in [0, 0.1) is 0 Å². The molecular formula is C15H20N6O5S. The van der Waals surface area contributed by atoms with Crippen LogP contribution in [-0.4, -0.2) is 72.4 Å². The van der Waals surface area contributed by atoms with Crippen molar-refractivity contribution in [3.05, 3.63) is 18.2 Å². The van der Waals surface area contributed by atoms with Gasteiger partial charge < -0.3 is 19.5 Å². The topological polar surface area (TPSA) is 129 Å². The van der Waals surface area contributed by atoms with Gasteiger partial charge in [0, 0.05) is 19.7 Å². The van der Waals surface area contributed by atoms with Crippen LogP contribution in [-0.2, 0) is 9.53 Å². The number of aromatic nitrogens is 4. The molecule has 11 nitrogen and oxygen atoms in total. The highest BCUT2D eigenvalue weighted by atomic mass is 32.2. The summed E-state index contributed by atoms with van der Waals surface area (Å²) in [6.07, 6.45) is 0. The van der Waals surface area contributed by atoms with E-state index in [1.807, 2.05) is 0 Å². The number of thioether (sulfide) groups is 1. The van der Waals surface area contributed by atoms with E-state index in [0.717, 1.165) is 11.8 Å². The van der Waals surface area contributed by atoms with Gasteiger partial charge in [0.25, 0.3) is 0 Å². The number of urea groups is 1. The van der Waals surface area contributed by atoms with Crippen LogP contribution >= 0.6 is 11.8 Å². The molecule has 2 aromatic rings. The molecule has 0 saturated carbocycles. The highest BCUT2D eigenvalue weighted by molar-refractivity contribution is 7.99. The van der Waals surface area contributed by atoms with Crippen molar-refractivity contribution in [2.45, 2.75) is 5.16 Å². The monoisotopic (exact) mass is 396 g/mol. The molecule has 2 N–H and O–H groups in total. The van der Waals surface area contributed by atoms with E-state index in [9.17, 15) is 9.59 Å². The van der Waals surface area contributed by atoms with Gasteiger partial charge in [-0.3, -0.25) is 10.1 Å². The first kappa shape index (κ1) is 20.5. The van der Waals surface area contributed by atoms with Crippen LogP contribution < -0.4 is 20.1 Å². The fraction of sp³-hybridized carbons (Fsp3) is 0.400. The number of carbonyl (C=O) groups is 2. The van der Waals surface area contributed by atoms with Crippen LogP contribution in [0.3, 0.4) is 0 Å². The molecule has 1 aromatic carbocycles. The zero-order valence-corrected chi connectivity index (χ0v) is 15.9. The maximum absolute atomic E-state index is 11.9. The predicted octanol–water partition coefficient (Wildman–Crippen LogP) is 0.244. The predicted molar refractivity (Wildman–Crippen MR) is 96.4 cm³/mol. The fourth-order valence-corrected chi connectivity index (χ4v) is 2.67. The third-order valence-corrected chi connectivity index (χ3v) is 4.15. The van der Waals surface area contributed by atoms with Gasteiger partial charge in [0.2, 0.25) is 11.1 Å². The molecule has 0 bridgehead atoms. The van der Waals surface area contributed by atoms with Crippen LogP contribution in [0.1, 0.15) is 0 Å². The van der Waals surface area contributed by atoms with Crippen molar-refractivity contribution in [1.29, 1.82) is 0 Å². The SMILES string of the molecule is COCCNC(=O)NC(=O)CSc1nnnn1-c1cc(OC)ccc1OC. The van der Waals surface area contributed by atoms with E-state index in [-0.39, 0.29) is 5.75 Å². The summed E-state index contributed by atoms with van der Waals surface area (Å²) in [5, 5.41) is 16.5. The van der Waals surface area contributed by atoms with Crippen LogP contribution in [0.5, 0.6) is 11.5 Å². The van der Waals surface area contributed by atoms with Crippen LogP contribution in [0.25, 0.3) is 5.69 Å². The smallest absolute Gasteiger partial charge is 0.321 e. The van der Waals surface area contributed by atoms with Crippen LogP contribution in [0.15, 0.2) is 23.4 Å². The van der Waals surface area contributed by atoms with Gasteiger partial charge in [-0.05, 0) is 22.6 Å². The van der Waals surface area contributed by atoms with E-state index < -0.39 is 11.9 Å². The number of hydrogen-bond acceptors (Lipinski definition) is 9. The lowest BCUT2D eigenvalue weighted by atomic mass is 10.3. The molecule has 0 aliphatic carbocycles. The van der Waals surface area contributed by atoms with Gasteiger partial charge in [-0.2, -0.15) is 4.68 Å². The van der Waals surface area contributed by atoms with Gasteiger partial charge in [0.15, 0.2) is 0 Å². The van der Waals surface area contributed by atoms with Gasteiger partial charge in [0.1, 0.15) is 17.2 Å². The summed E-state index contributed by atoms with van der Waals surface area (Å²) in [5.74, 6) is 0.599. The average molecular weight is 396 g/mol. The van der Waals surface area contributed by atoms with E-state index in [1.165, 1.54) is 18.9 Å². The zero-order chi connectivity index (χ0) is 19.6. The van der Waals surface area contributed by atoms with E-state index in [0.29, 0.717) is 35.5 Å². The molecular weight excluding hydrogens is 376 g/mol. The molecule has 27 heavy (non-hydrogen) atoms. The number of rotatable bonds is 9. The third kappa shape index (κ3) is 5.82. The summed E-state index contributed by atoms with van der Waals surface area (Å²) < 4.78 is 16.8. The van der Waals surface area contributed by atoms with Crippen LogP contribution in [0.4, 0.5) is 4.79 Å². The Bertz CT molecular complexity index is 784. The number of ether oxygens (including phenoxy) is 3. The fourth-order valence-electron chi connectivity index (χ4n) is 1.99. The maximum atomic E-state index is 11.9. The number of nitrogens with zero attached hydrogens (tertiary/aromatic N) is 4. The lowest BCUT2D eigenvalue weighted by molar-refractivity contribution is -0.117. The molecule has 0 aliphatic rings. The minimum atomic E-state index is -0.591. The molecule has 2 rings (SSSR count). The average Bonchev–Trinajstić information content (AvgIpc) is 3.14. The summed E-state index contributed by atoms with van der Waals surface area (Å²) in [6, 6.07) is 4.59. The quantitative estimate of drug-likeness (QED) is 0.452. The summed E-state index contributed by atoms with van der Waals surface area (Å²) in [7, 11) is 4.59. The van der Waals surface area contributed by atoms with Crippen molar-refractivity contribution >= 4 is 23.7 Å². The highest BCUT2D eigenvalue weighted by Crippen LogP contribution is 2.29. The molecule has 0 saturated heterocycles. The van der Waals surface area contributed by atoms with Crippen molar-refractivity contribution in [2.24, 2.45) is 0 Å². The number of hydrogen-bond donors (Lipinski definition) is 2. The highest BCUT2D eigenvalue weighted by Gasteiger charge is 2.16. The Morgan fingerprint density at radius 2 is 2.04 bits per heavy atom. The van der Waals surface area contributed by atoms with Gasteiger partial charge in [-0.25, -0.2) is 4.79 Å². The second kappa shape index (κ2) is 10.3. The largest absolute Gasteiger partial charge is 0.497 e. The van der Waals surface area contributed by atoms with Crippen molar-refractivity contribution in [3.63, 3.8) is 0 Å². The number of imide groups is 1. The van der Waals surface area contributed by atoms with Crippen LogP contribution in [0.2, 0.25) is 0 Å². The second-order valence-electron chi connectivity index (χ2n) is 5.00. The zero-order valence-electron chi connectivity index (χ0n) is 15.1. The van der Waals surface area contributed by atoms with E-state index in [2.05, 4.69) is 26.2 Å². The lowest BCUT2D eigenvalue weighted by Gasteiger charge is -2.11. The first-order valence-corrected chi connectivity index (χ1v) is 8.77. The number of methoxy groups -OCH3 is 3. The number of tetrazole rings is 1. The molecule has 0 radical (unpaired) electrons. The molecule has 0 spiro atoms. The summed E-state index contributed by atoms with van der Waals surface area (Å²) >= 11 is 1.07. The van der Waals surface area contributed by atoms with E-state index in [1.54, 1.807) is 25.3 Å². The van der Waals surface area contributed by atoms with Crippen molar-refractivity contribution in [2.75, 3.05) is 40.2 Å². The van der Waals surface area contributed by atoms with Gasteiger partial charge in [0.05, 0.1) is 26.6 Å². The third-order valence-electron chi connectivity index (χ3n) is 3.23. The summed E-state index contributed by atoms with van der Waals surface area (Å²) in [5.41, 5.74) is 0.557. The Kier molecular flexibility index (Phi) is 7.82. The minimum absolute atomic E-state index is 0.0512. The lowest BCUT2D eigenvalue weighted by Crippen LogP contribution is -2.41. The molecule has 0 fully saturated rings. The molecule has 3 amide bonds. The minimum Gasteiger partial charge on any atom is -0.497 e. The Morgan fingerprint density at radius 1 is 1.22 bits per heavy atom. The first-order valence-electron chi connectivity index (χ1n) is 7.79. The standard InChI is InChI=1S/C15H20N6O5S/c1-24-7-6-16-14(23)17-13(22)9-27-15-18-19-20-21(15)11-8-10(25-2)4-5-12(11)26-3/h4-5,8H,6-7,9H2,1-3H3,(H2,16,17,22,23).